The van der Waals surface area contributed by atoms with Crippen molar-refractivity contribution in [3.8, 4) is 22.6 Å². The minimum Gasteiger partial charge on any atom is -0.480 e. The molecule has 0 amide bonds. The highest BCUT2D eigenvalue weighted by Crippen LogP contribution is 2.36. The lowest BCUT2D eigenvalue weighted by molar-refractivity contribution is -0.136. The van der Waals surface area contributed by atoms with E-state index in [2.05, 4.69) is 20.9 Å². The summed E-state index contributed by atoms with van der Waals surface area (Å²) in [5.41, 5.74) is 1.53. The van der Waals surface area contributed by atoms with Crippen LogP contribution in [0.2, 0.25) is 5.02 Å². The molecule has 3 N–H and O–H groups in total. The molecule has 0 aliphatic rings. The molecule has 3 aromatic rings. The number of aromatic nitrogens is 1. The van der Waals surface area contributed by atoms with Gasteiger partial charge < -0.3 is 9.52 Å². The highest BCUT2D eigenvalue weighted by atomic mass is 79.9. The third kappa shape index (κ3) is 4.22. The smallest absolute Gasteiger partial charge is 0.326 e. The molecule has 10 heteroatoms. The quantitative estimate of drug-likeness (QED) is 0.545. The fourth-order valence-electron chi connectivity index (χ4n) is 2.35. The van der Waals surface area contributed by atoms with Crippen molar-refractivity contribution < 1.29 is 22.7 Å². The van der Waals surface area contributed by atoms with E-state index >= 15 is 0 Å². The van der Waals surface area contributed by atoms with Gasteiger partial charge in [0.15, 0.2) is 10.6 Å². The molecule has 0 aliphatic carbocycles. The van der Waals surface area contributed by atoms with Crippen LogP contribution in [0.3, 0.4) is 0 Å². The number of carboxylic acids is 1. The summed E-state index contributed by atoms with van der Waals surface area (Å²) in [5.74, 6) is -0.872. The number of primary sulfonamides is 1. The maximum Gasteiger partial charge on any atom is 0.326 e. The predicted molar refractivity (Wildman–Crippen MR) is 103 cm³/mol. The lowest BCUT2D eigenvalue weighted by Gasteiger charge is -2.03. The average Bonchev–Trinajstić information content (AvgIpc) is 3.06. The number of hydrogen-bond donors (Lipinski definition) is 2. The van der Waals surface area contributed by atoms with Gasteiger partial charge in [-0.25, -0.2) is 18.5 Å². The molecular formula is C17H12BrClN2O5S. The Balaban J connectivity index is 2.15. The topological polar surface area (TPSA) is 123 Å². The fraction of sp³-hybridized carbons (Fsp3) is 0.0588. The first-order valence-electron chi connectivity index (χ1n) is 7.43. The lowest BCUT2D eigenvalue weighted by Crippen LogP contribution is -2.11. The second kappa shape index (κ2) is 7.43. The van der Waals surface area contributed by atoms with Gasteiger partial charge in [0.1, 0.15) is 5.69 Å². The van der Waals surface area contributed by atoms with Crippen molar-refractivity contribution in [2.45, 2.75) is 9.72 Å². The van der Waals surface area contributed by atoms with Gasteiger partial charge in [0, 0.05) is 16.1 Å². The molecule has 7 nitrogen and oxygen atoms in total. The summed E-state index contributed by atoms with van der Waals surface area (Å²) in [4.78, 5) is 14.3. The second-order valence-corrected chi connectivity index (χ2v) is 8.42. The Labute approximate surface area is 168 Å². The van der Waals surface area contributed by atoms with Crippen molar-refractivity contribution in [1.29, 1.82) is 0 Å². The standard InChI is InChI=1S/C17H12BrClN2O5S/c18-13(17(22)23)16-21-14(9-3-7-12(8-4-9)27(20,24)25)15(26-16)10-1-5-11(19)6-2-10/h1-8,13H,(H,22,23)(H2,20,24,25). The third-order valence-corrected chi connectivity index (χ3v) is 5.60. The summed E-state index contributed by atoms with van der Waals surface area (Å²) < 4.78 is 28.5. The van der Waals surface area contributed by atoms with E-state index in [9.17, 15) is 18.3 Å². The molecule has 3 rings (SSSR count). The number of aliphatic carboxylic acids is 1. The van der Waals surface area contributed by atoms with Gasteiger partial charge in [-0.3, -0.25) is 4.79 Å². The molecule has 0 saturated heterocycles. The van der Waals surface area contributed by atoms with Gasteiger partial charge in [-0.1, -0.05) is 39.7 Å². The molecule has 1 heterocycles. The molecule has 0 aliphatic heterocycles. The number of rotatable bonds is 5. The Hall–Kier alpha value is -2.20. The molecule has 0 saturated carbocycles. The van der Waals surface area contributed by atoms with Crippen molar-refractivity contribution in [2.75, 3.05) is 0 Å². The SMILES string of the molecule is NS(=O)(=O)c1ccc(-c2nc(C(Br)C(=O)O)oc2-c2ccc(Cl)cc2)cc1. The summed E-state index contributed by atoms with van der Waals surface area (Å²) >= 11 is 8.93. The highest BCUT2D eigenvalue weighted by molar-refractivity contribution is 9.09. The number of halogens is 2. The first-order chi connectivity index (χ1) is 12.7. The molecular weight excluding hydrogens is 460 g/mol. The average molecular weight is 472 g/mol. The maximum absolute atomic E-state index is 11.4. The van der Waals surface area contributed by atoms with Crippen LogP contribution >= 0.6 is 27.5 Å². The van der Waals surface area contributed by atoms with Gasteiger partial charge in [0.05, 0.1) is 4.90 Å². The number of nitrogens with two attached hydrogens (primary N) is 1. The van der Waals surface area contributed by atoms with Crippen molar-refractivity contribution in [3.63, 3.8) is 0 Å². The van der Waals surface area contributed by atoms with E-state index in [1.165, 1.54) is 24.3 Å². The third-order valence-electron chi connectivity index (χ3n) is 3.64. The van der Waals surface area contributed by atoms with E-state index in [0.717, 1.165) is 0 Å². The van der Waals surface area contributed by atoms with Crippen molar-refractivity contribution in [2.24, 2.45) is 5.14 Å². The van der Waals surface area contributed by atoms with E-state index in [1.807, 2.05) is 0 Å². The van der Waals surface area contributed by atoms with E-state index in [1.54, 1.807) is 24.3 Å². The molecule has 0 spiro atoms. The van der Waals surface area contributed by atoms with E-state index in [-0.39, 0.29) is 10.8 Å². The zero-order valence-corrected chi connectivity index (χ0v) is 16.6. The van der Waals surface area contributed by atoms with Crippen LogP contribution in [0.15, 0.2) is 57.8 Å². The molecule has 1 aromatic heterocycles. The van der Waals surface area contributed by atoms with Crippen LogP contribution in [0.4, 0.5) is 0 Å². The Morgan fingerprint density at radius 3 is 2.19 bits per heavy atom. The molecule has 0 radical (unpaired) electrons. The number of nitrogens with zero attached hydrogens (tertiary/aromatic N) is 1. The number of carbonyl (C=O) groups is 1. The van der Waals surface area contributed by atoms with Crippen LogP contribution in [-0.2, 0) is 14.8 Å². The summed E-state index contributed by atoms with van der Waals surface area (Å²) in [6, 6.07) is 12.5. The van der Waals surface area contributed by atoms with Gasteiger partial charge in [-0.15, -0.1) is 0 Å². The van der Waals surface area contributed by atoms with Gasteiger partial charge in [0.25, 0.3) is 0 Å². The van der Waals surface area contributed by atoms with Crippen LogP contribution in [0, 0.1) is 0 Å². The summed E-state index contributed by atoms with van der Waals surface area (Å²) in [7, 11) is -3.83. The van der Waals surface area contributed by atoms with Crippen LogP contribution in [-0.4, -0.2) is 24.5 Å². The molecule has 0 bridgehead atoms. The van der Waals surface area contributed by atoms with Crippen molar-refractivity contribution in [1.82, 2.24) is 4.98 Å². The predicted octanol–water partition coefficient (Wildman–Crippen LogP) is 3.83. The summed E-state index contributed by atoms with van der Waals surface area (Å²) in [6.07, 6.45) is 0. The number of carboxylic acid groups (broad SMARTS) is 1. The molecule has 140 valence electrons. The zero-order chi connectivity index (χ0) is 19.8. The fourth-order valence-corrected chi connectivity index (χ4v) is 3.18. The molecule has 2 aromatic carbocycles. The maximum atomic E-state index is 11.4. The Bertz CT molecular complexity index is 1100. The van der Waals surface area contributed by atoms with E-state index < -0.39 is 20.8 Å². The number of alkyl halides is 1. The normalized spacial score (nSPS) is 12.7. The molecule has 0 fully saturated rings. The monoisotopic (exact) mass is 470 g/mol. The van der Waals surface area contributed by atoms with Crippen LogP contribution < -0.4 is 5.14 Å². The zero-order valence-electron chi connectivity index (χ0n) is 13.5. The largest absolute Gasteiger partial charge is 0.480 e. The Kier molecular flexibility index (Phi) is 5.38. The summed E-state index contributed by atoms with van der Waals surface area (Å²) in [5, 5.41) is 14.8. The molecule has 27 heavy (non-hydrogen) atoms. The minimum atomic E-state index is -3.83. The van der Waals surface area contributed by atoms with Gasteiger partial charge in [-0.05, 0) is 36.4 Å². The van der Waals surface area contributed by atoms with Crippen LogP contribution in [0.25, 0.3) is 22.6 Å². The number of oxazole rings is 1. The van der Waals surface area contributed by atoms with Gasteiger partial charge in [-0.2, -0.15) is 0 Å². The van der Waals surface area contributed by atoms with Crippen molar-refractivity contribution in [3.05, 3.63) is 59.4 Å². The molecule has 1 atom stereocenters. The van der Waals surface area contributed by atoms with E-state index in [0.29, 0.717) is 27.6 Å². The van der Waals surface area contributed by atoms with Gasteiger partial charge >= 0.3 is 5.97 Å². The Morgan fingerprint density at radius 1 is 1.11 bits per heavy atom. The highest BCUT2D eigenvalue weighted by Gasteiger charge is 2.26. The van der Waals surface area contributed by atoms with Gasteiger partial charge in [0.2, 0.25) is 15.9 Å². The minimum absolute atomic E-state index is 0.0435. The Morgan fingerprint density at radius 2 is 1.67 bits per heavy atom. The second-order valence-electron chi connectivity index (χ2n) is 5.51. The summed E-state index contributed by atoms with van der Waals surface area (Å²) in [6.45, 7) is 0. The first-order valence-corrected chi connectivity index (χ1v) is 10.3. The molecule has 1 unspecified atom stereocenters. The van der Waals surface area contributed by atoms with Crippen LogP contribution in [0.5, 0.6) is 0 Å². The van der Waals surface area contributed by atoms with E-state index in [4.69, 9.17) is 21.2 Å². The van der Waals surface area contributed by atoms with Crippen LogP contribution in [0.1, 0.15) is 10.7 Å². The number of benzene rings is 2. The first kappa shape index (κ1) is 19.6. The number of sulfonamides is 1. The number of hydrogen-bond acceptors (Lipinski definition) is 5. The lowest BCUT2D eigenvalue weighted by atomic mass is 10.1. The van der Waals surface area contributed by atoms with Crippen molar-refractivity contribution >= 4 is 43.5 Å².